The number of amides is 2. The van der Waals surface area contributed by atoms with E-state index in [1.807, 2.05) is 18.3 Å². The lowest BCUT2D eigenvalue weighted by atomic mass is 10.1. The molecule has 8 heteroatoms. The molecule has 7 nitrogen and oxygen atoms in total. The summed E-state index contributed by atoms with van der Waals surface area (Å²) < 4.78 is 5.38. The Balaban J connectivity index is 1.46. The van der Waals surface area contributed by atoms with Gasteiger partial charge in [-0.2, -0.15) is 0 Å². The number of hydrogen-bond donors (Lipinski definition) is 1. The molecule has 0 bridgehead atoms. The van der Waals surface area contributed by atoms with Crippen LogP contribution in [0, 0.1) is 0 Å². The molecule has 2 aliphatic rings. The average molecular weight is 374 g/mol. The van der Waals surface area contributed by atoms with Gasteiger partial charge >= 0.3 is 6.03 Å². The number of halogens is 1. The number of urea groups is 1. The number of morpholine rings is 1. The molecule has 0 aliphatic carbocycles. The van der Waals surface area contributed by atoms with E-state index in [-0.39, 0.29) is 6.03 Å². The number of nitrogens with zero attached hydrogens (tertiary/aromatic N) is 4. The summed E-state index contributed by atoms with van der Waals surface area (Å²) in [4.78, 5) is 25.7. The van der Waals surface area contributed by atoms with Crippen LogP contribution in [0.25, 0.3) is 0 Å². The molecule has 4 rings (SSSR count). The van der Waals surface area contributed by atoms with E-state index in [4.69, 9.17) is 21.3 Å². The van der Waals surface area contributed by atoms with Crippen LogP contribution >= 0.6 is 11.6 Å². The van der Waals surface area contributed by atoms with Gasteiger partial charge in [0, 0.05) is 36.5 Å². The number of fused-ring (bicyclic) bond motifs is 1. The minimum atomic E-state index is -0.149. The Labute approximate surface area is 156 Å². The number of hydrogen-bond acceptors (Lipinski definition) is 5. The van der Waals surface area contributed by atoms with Gasteiger partial charge in [-0.05, 0) is 30.2 Å². The molecule has 0 atom stereocenters. The molecule has 136 valence electrons. The second kappa shape index (κ2) is 7.47. The van der Waals surface area contributed by atoms with Crippen LogP contribution in [0.4, 0.5) is 16.4 Å². The van der Waals surface area contributed by atoms with Crippen LogP contribution in [-0.4, -0.2) is 53.7 Å². The minimum absolute atomic E-state index is 0.149. The van der Waals surface area contributed by atoms with Crippen molar-refractivity contribution in [2.75, 3.05) is 43.1 Å². The van der Waals surface area contributed by atoms with Crippen LogP contribution in [0.3, 0.4) is 0 Å². The van der Waals surface area contributed by atoms with Crippen molar-refractivity contribution in [2.24, 2.45) is 0 Å². The lowest BCUT2D eigenvalue weighted by Gasteiger charge is -2.30. The Hall–Kier alpha value is -2.38. The highest BCUT2D eigenvalue weighted by molar-refractivity contribution is 6.30. The van der Waals surface area contributed by atoms with E-state index in [9.17, 15) is 4.79 Å². The monoisotopic (exact) mass is 373 g/mol. The van der Waals surface area contributed by atoms with Crippen molar-refractivity contribution in [1.29, 1.82) is 0 Å². The third kappa shape index (κ3) is 3.73. The third-order valence-electron chi connectivity index (χ3n) is 4.59. The summed E-state index contributed by atoms with van der Waals surface area (Å²) in [6, 6.07) is 6.99. The van der Waals surface area contributed by atoms with Gasteiger partial charge in [0.15, 0.2) is 0 Å². The Kier molecular flexibility index (Phi) is 4.90. The number of aromatic nitrogens is 2. The molecular formula is C18H20ClN5O2. The predicted octanol–water partition coefficient (Wildman–Crippen LogP) is 2.56. The van der Waals surface area contributed by atoms with Crippen LogP contribution < -0.4 is 10.2 Å². The Morgan fingerprint density at radius 1 is 1.23 bits per heavy atom. The highest BCUT2D eigenvalue weighted by atomic mass is 35.5. The molecule has 2 aromatic rings. The number of carbonyl (C=O) groups excluding carboxylic acids is 1. The van der Waals surface area contributed by atoms with Gasteiger partial charge in [0.05, 0.1) is 25.5 Å². The van der Waals surface area contributed by atoms with E-state index in [1.165, 1.54) is 0 Å². The molecule has 2 aliphatic heterocycles. The first-order valence-corrected chi connectivity index (χ1v) is 9.06. The molecule has 3 heterocycles. The second-order valence-corrected chi connectivity index (χ2v) is 6.79. The number of nitrogens with one attached hydrogen (secondary N) is 1. The maximum atomic E-state index is 12.6. The molecule has 1 saturated heterocycles. The van der Waals surface area contributed by atoms with E-state index >= 15 is 0 Å². The first-order chi connectivity index (χ1) is 12.7. The molecule has 1 fully saturated rings. The highest BCUT2D eigenvalue weighted by Crippen LogP contribution is 2.21. The molecule has 1 aromatic heterocycles. The van der Waals surface area contributed by atoms with Gasteiger partial charge in [0.25, 0.3) is 0 Å². The van der Waals surface area contributed by atoms with Gasteiger partial charge in [-0.1, -0.05) is 17.7 Å². The molecular weight excluding hydrogens is 354 g/mol. The molecule has 0 spiro atoms. The zero-order valence-electron chi connectivity index (χ0n) is 14.3. The minimum Gasteiger partial charge on any atom is -0.378 e. The van der Waals surface area contributed by atoms with Crippen LogP contribution in [-0.2, 0) is 17.7 Å². The number of rotatable bonds is 2. The Bertz CT molecular complexity index is 810. The van der Waals surface area contributed by atoms with Gasteiger partial charge in [-0.3, -0.25) is 0 Å². The number of benzene rings is 1. The standard InChI is InChI=1S/C18H20ClN5O2/c19-14-2-1-3-15(10-14)21-18(25)24-5-4-13-11-20-17(22-16(13)12-24)23-6-8-26-9-7-23/h1-3,10-11H,4-9,12H2,(H,21,25). The van der Waals surface area contributed by atoms with Crippen LogP contribution in [0.15, 0.2) is 30.5 Å². The van der Waals surface area contributed by atoms with Gasteiger partial charge in [0.1, 0.15) is 0 Å². The second-order valence-electron chi connectivity index (χ2n) is 6.35. The molecule has 0 unspecified atom stereocenters. The lowest BCUT2D eigenvalue weighted by molar-refractivity contribution is 0.122. The Morgan fingerprint density at radius 2 is 2.08 bits per heavy atom. The largest absolute Gasteiger partial charge is 0.378 e. The van der Waals surface area contributed by atoms with E-state index in [0.29, 0.717) is 43.0 Å². The van der Waals surface area contributed by atoms with Crippen LogP contribution in [0.2, 0.25) is 5.02 Å². The molecule has 26 heavy (non-hydrogen) atoms. The Morgan fingerprint density at radius 3 is 2.88 bits per heavy atom. The smallest absolute Gasteiger partial charge is 0.322 e. The van der Waals surface area contributed by atoms with E-state index < -0.39 is 0 Å². The van der Waals surface area contributed by atoms with E-state index in [0.717, 1.165) is 30.8 Å². The van der Waals surface area contributed by atoms with Gasteiger partial charge in [-0.15, -0.1) is 0 Å². The predicted molar refractivity (Wildman–Crippen MR) is 99.6 cm³/mol. The van der Waals surface area contributed by atoms with Crippen molar-refractivity contribution in [3.63, 3.8) is 0 Å². The fourth-order valence-corrected chi connectivity index (χ4v) is 3.34. The summed E-state index contributed by atoms with van der Waals surface area (Å²) in [5.74, 6) is 0.712. The quantitative estimate of drug-likeness (QED) is 0.876. The first-order valence-electron chi connectivity index (χ1n) is 8.68. The van der Waals surface area contributed by atoms with Crippen LogP contribution in [0.5, 0.6) is 0 Å². The van der Waals surface area contributed by atoms with Crippen molar-refractivity contribution in [2.45, 2.75) is 13.0 Å². The molecule has 0 radical (unpaired) electrons. The van der Waals surface area contributed by atoms with E-state index in [1.54, 1.807) is 17.0 Å². The van der Waals surface area contributed by atoms with Crippen molar-refractivity contribution >= 4 is 29.3 Å². The fourth-order valence-electron chi connectivity index (χ4n) is 3.15. The van der Waals surface area contributed by atoms with Gasteiger partial charge in [0.2, 0.25) is 5.95 Å². The van der Waals surface area contributed by atoms with Gasteiger partial charge in [-0.25, -0.2) is 14.8 Å². The number of carbonyl (C=O) groups is 1. The van der Waals surface area contributed by atoms with Crippen molar-refractivity contribution in [1.82, 2.24) is 14.9 Å². The first kappa shape index (κ1) is 17.1. The third-order valence-corrected chi connectivity index (χ3v) is 4.83. The summed E-state index contributed by atoms with van der Waals surface area (Å²) in [6.45, 7) is 4.07. The lowest BCUT2D eigenvalue weighted by Crippen LogP contribution is -2.40. The van der Waals surface area contributed by atoms with Crippen molar-refractivity contribution in [3.05, 3.63) is 46.7 Å². The molecule has 1 N–H and O–H groups in total. The topological polar surface area (TPSA) is 70.6 Å². The molecule has 1 aromatic carbocycles. The molecule has 2 amide bonds. The zero-order chi connectivity index (χ0) is 17.9. The normalized spacial score (nSPS) is 17.0. The van der Waals surface area contributed by atoms with E-state index in [2.05, 4.69) is 15.2 Å². The number of anilines is 2. The van der Waals surface area contributed by atoms with Gasteiger partial charge < -0.3 is 19.9 Å². The maximum absolute atomic E-state index is 12.6. The number of ether oxygens (including phenoxy) is 1. The summed E-state index contributed by atoms with van der Waals surface area (Å²) in [7, 11) is 0. The summed E-state index contributed by atoms with van der Waals surface area (Å²) in [6.07, 6.45) is 2.64. The van der Waals surface area contributed by atoms with Crippen molar-refractivity contribution in [3.8, 4) is 0 Å². The zero-order valence-corrected chi connectivity index (χ0v) is 15.1. The summed E-state index contributed by atoms with van der Waals surface area (Å²) >= 11 is 5.98. The summed E-state index contributed by atoms with van der Waals surface area (Å²) in [5, 5.41) is 3.49. The maximum Gasteiger partial charge on any atom is 0.322 e. The van der Waals surface area contributed by atoms with Crippen LogP contribution in [0.1, 0.15) is 11.3 Å². The molecule has 0 saturated carbocycles. The average Bonchev–Trinajstić information content (AvgIpc) is 2.68. The fraction of sp³-hybridized carbons (Fsp3) is 0.389. The highest BCUT2D eigenvalue weighted by Gasteiger charge is 2.24. The summed E-state index contributed by atoms with van der Waals surface area (Å²) in [5.41, 5.74) is 2.70. The SMILES string of the molecule is O=C(Nc1cccc(Cl)c1)N1CCc2cnc(N3CCOCC3)nc2C1. The van der Waals surface area contributed by atoms with Crippen molar-refractivity contribution < 1.29 is 9.53 Å².